The number of aromatic hydroxyl groups is 1. The van der Waals surface area contributed by atoms with Gasteiger partial charge in [0.25, 0.3) is 0 Å². The number of benzene rings is 1. The van der Waals surface area contributed by atoms with E-state index in [1.165, 1.54) is 0 Å². The predicted octanol–water partition coefficient (Wildman–Crippen LogP) is 4.74. The molecular weight excluding hydrogens is 265 g/mol. The van der Waals surface area contributed by atoms with Gasteiger partial charge in [-0.1, -0.05) is 13.0 Å². The van der Waals surface area contributed by atoms with Gasteiger partial charge >= 0.3 is 6.18 Å². The van der Waals surface area contributed by atoms with Crippen LogP contribution in [0.15, 0.2) is 12.1 Å². The lowest BCUT2D eigenvalue weighted by molar-refractivity contribution is -0.141. The smallest absolute Gasteiger partial charge is 0.389 e. The van der Waals surface area contributed by atoms with E-state index < -0.39 is 18.0 Å². The van der Waals surface area contributed by atoms with E-state index in [4.69, 9.17) is 0 Å². The van der Waals surface area contributed by atoms with Crippen molar-refractivity contribution in [2.24, 2.45) is 0 Å². The molecule has 0 aliphatic heterocycles. The van der Waals surface area contributed by atoms with Crippen molar-refractivity contribution in [1.82, 2.24) is 0 Å². The second kappa shape index (κ2) is 3.92. The van der Waals surface area contributed by atoms with Gasteiger partial charge in [0.1, 0.15) is 5.75 Å². The highest BCUT2D eigenvalue weighted by Gasteiger charge is 2.53. The fourth-order valence-electron chi connectivity index (χ4n) is 3.30. The topological polar surface area (TPSA) is 20.2 Å². The van der Waals surface area contributed by atoms with Crippen LogP contribution in [-0.2, 0) is 10.8 Å². The molecule has 1 aromatic rings. The minimum atomic E-state index is -4.18. The second-order valence-electron chi connectivity index (χ2n) is 6.82. The third kappa shape index (κ3) is 2.29. The molecular formula is C16H19F3O. The molecule has 1 nitrogen and oxygen atoms in total. The Morgan fingerprint density at radius 1 is 1.10 bits per heavy atom. The van der Waals surface area contributed by atoms with E-state index in [2.05, 4.69) is 6.92 Å². The molecule has 0 radical (unpaired) electrons. The maximum absolute atomic E-state index is 12.8. The third-order valence-electron chi connectivity index (χ3n) is 4.96. The first-order valence-corrected chi connectivity index (χ1v) is 7.07. The third-order valence-corrected chi connectivity index (χ3v) is 4.96. The van der Waals surface area contributed by atoms with Crippen molar-refractivity contribution < 1.29 is 18.3 Å². The highest BCUT2D eigenvalue weighted by molar-refractivity contribution is 5.51. The minimum absolute atomic E-state index is 0.0252. The van der Waals surface area contributed by atoms with Gasteiger partial charge in [0, 0.05) is 11.0 Å². The van der Waals surface area contributed by atoms with Crippen molar-refractivity contribution in [3.05, 3.63) is 28.8 Å². The maximum atomic E-state index is 12.8. The average Bonchev–Trinajstić information content (AvgIpc) is 3.17. The van der Waals surface area contributed by atoms with E-state index in [0.29, 0.717) is 18.4 Å². The summed E-state index contributed by atoms with van der Waals surface area (Å²) in [5.74, 6) is 0.0252. The van der Waals surface area contributed by atoms with Gasteiger partial charge in [-0.25, -0.2) is 0 Å². The molecule has 1 N–H and O–H groups in total. The summed E-state index contributed by atoms with van der Waals surface area (Å²) in [5.41, 5.74) is 1.81. The molecule has 1 aromatic carbocycles. The normalized spacial score (nSPS) is 22.6. The number of hydrogen-bond acceptors (Lipinski definition) is 1. The Kier molecular flexibility index (Phi) is 2.70. The van der Waals surface area contributed by atoms with Crippen molar-refractivity contribution in [3.63, 3.8) is 0 Å². The first kappa shape index (κ1) is 13.8. The Balaban J connectivity index is 2.02. The quantitative estimate of drug-likeness (QED) is 0.850. The predicted molar refractivity (Wildman–Crippen MR) is 71.0 cm³/mol. The van der Waals surface area contributed by atoms with Crippen LogP contribution < -0.4 is 0 Å². The summed E-state index contributed by atoms with van der Waals surface area (Å²) in [5, 5.41) is 10.1. The maximum Gasteiger partial charge on any atom is 0.389 e. The molecule has 2 aliphatic rings. The summed E-state index contributed by atoms with van der Waals surface area (Å²) in [6, 6.07) is 3.49. The van der Waals surface area contributed by atoms with E-state index in [1.54, 1.807) is 6.07 Å². The molecule has 0 amide bonds. The fourth-order valence-corrected chi connectivity index (χ4v) is 3.30. The monoisotopic (exact) mass is 284 g/mol. The van der Waals surface area contributed by atoms with Crippen LogP contribution in [0.25, 0.3) is 0 Å². The van der Waals surface area contributed by atoms with E-state index >= 15 is 0 Å². The van der Waals surface area contributed by atoms with Crippen molar-refractivity contribution in [1.29, 1.82) is 0 Å². The first-order chi connectivity index (χ1) is 9.15. The molecule has 110 valence electrons. The lowest BCUT2D eigenvalue weighted by atomic mass is 9.84. The number of phenols is 1. The largest absolute Gasteiger partial charge is 0.508 e. The molecule has 4 heteroatoms. The summed E-state index contributed by atoms with van der Waals surface area (Å²) in [4.78, 5) is 0. The molecule has 0 spiro atoms. The van der Waals surface area contributed by atoms with Gasteiger partial charge in [-0.3, -0.25) is 0 Å². The van der Waals surface area contributed by atoms with Gasteiger partial charge in [-0.15, -0.1) is 0 Å². The zero-order chi connectivity index (χ0) is 14.8. The molecule has 0 aromatic heterocycles. The van der Waals surface area contributed by atoms with E-state index in [9.17, 15) is 18.3 Å². The van der Waals surface area contributed by atoms with Gasteiger partial charge in [-0.2, -0.15) is 13.2 Å². The standard InChI is InChI=1S/C16H19F3O/c1-10-7-13(20)12(8-11(10)14(2)3-4-14)15(5-6-15)9-16(17,18)19/h7-8,20H,3-6,9H2,1-2H3. The summed E-state index contributed by atoms with van der Waals surface area (Å²) in [6.45, 7) is 4.06. The lowest BCUT2D eigenvalue weighted by Crippen LogP contribution is -2.20. The van der Waals surface area contributed by atoms with Crippen molar-refractivity contribution in [2.45, 2.75) is 63.0 Å². The molecule has 3 rings (SSSR count). The SMILES string of the molecule is Cc1cc(O)c(C2(CC(F)(F)F)CC2)cc1C1(C)CC1. The van der Waals surface area contributed by atoms with Gasteiger partial charge < -0.3 is 5.11 Å². The minimum Gasteiger partial charge on any atom is -0.508 e. The van der Waals surface area contributed by atoms with Gasteiger partial charge in [0.05, 0.1) is 6.42 Å². The van der Waals surface area contributed by atoms with Crippen LogP contribution in [-0.4, -0.2) is 11.3 Å². The van der Waals surface area contributed by atoms with Gasteiger partial charge in [-0.05, 0) is 55.2 Å². The molecule has 2 saturated carbocycles. The van der Waals surface area contributed by atoms with E-state index in [-0.39, 0.29) is 11.2 Å². The number of alkyl halides is 3. The molecule has 2 aliphatic carbocycles. The molecule has 2 fully saturated rings. The number of rotatable bonds is 3. The number of phenolic OH excluding ortho intramolecular Hbond substituents is 1. The van der Waals surface area contributed by atoms with Crippen LogP contribution in [0, 0.1) is 6.92 Å². The Morgan fingerprint density at radius 2 is 1.70 bits per heavy atom. The molecule has 20 heavy (non-hydrogen) atoms. The number of hydrogen-bond donors (Lipinski definition) is 1. The summed E-state index contributed by atoms with van der Waals surface area (Å²) in [7, 11) is 0. The van der Waals surface area contributed by atoms with Crippen LogP contribution in [0.2, 0.25) is 0 Å². The summed E-state index contributed by atoms with van der Waals surface area (Å²) in [6.07, 6.45) is -1.84. The fraction of sp³-hybridized carbons (Fsp3) is 0.625. The molecule has 0 bridgehead atoms. The Hall–Kier alpha value is -1.19. The second-order valence-corrected chi connectivity index (χ2v) is 6.82. The Bertz CT molecular complexity index is 552. The van der Waals surface area contributed by atoms with Crippen LogP contribution in [0.5, 0.6) is 5.75 Å². The van der Waals surface area contributed by atoms with Crippen LogP contribution in [0.1, 0.15) is 55.7 Å². The zero-order valence-corrected chi connectivity index (χ0v) is 11.8. The van der Waals surface area contributed by atoms with Crippen LogP contribution >= 0.6 is 0 Å². The van der Waals surface area contributed by atoms with Crippen molar-refractivity contribution in [2.75, 3.05) is 0 Å². The highest BCUT2D eigenvalue weighted by atomic mass is 19.4. The molecule has 0 atom stereocenters. The van der Waals surface area contributed by atoms with Gasteiger partial charge in [0.2, 0.25) is 0 Å². The van der Waals surface area contributed by atoms with Crippen LogP contribution in [0.3, 0.4) is 0 Å². The summed E-state index contributed by atoms with van der Waals surface area (Å²) >= 11 is 0. The Labute approximate surface area is 116 Å². The molecule has 0 heterocycles. The van der Waals surface area contributed by atoms with E-state index in [0.717, 1.165) is 24.0 Å². The zero-order valence-electron chi connectivity index (χ0n) is 11.8. The van der Waals surface area contributed by atoms with E-state index in [1.807, 2.05) is 13.0 Å². The first-order valence-electron chi connectivity index (χ1n) is 7.07. The number of aryl methyl sites for hydroxylation is 1. The molecule has 0 saturated heterocycles. The van der Waals surface area contributed by atoms with Crippen molar-refractivity contribution >= 4 is 0 Å². The average molecular weight is 284 g/mol. The van der Waals surface area contributed by atoms with Crippen LogP contribution in [0.4, 0.5) is 13.2 Å². The molecule has 0 unspecified atom stereocenters. The number of halogens is 3. The Morgan fingerprint density at radius 3 is 2.15 bits per heavy atom. The highest BCUT2D eigenvalue weighted by Crippen LogP contribution is 2.58. The van der Waals surface area contributed by atoms with Crippen molar-refractivity contribution in [3.8, 4) is 5.75 Å². The van der Waals surface area contributed by atoms with Gasteiger partial charge in [0.15, 0.2) is 0 Å². The lowest BCUT2D eigenvalue weighted by Gasteiger charge is -2.22. The summed E-state index contributed by atoms with van der Waals surface area (Å²) < 4.78 is 38.3.